The summed E-state index contributed by atoms with van der Waals surface area (Å²) in [5.74, 6) is 0. The quantitative estimate of drug-likeness (QED) is 0.0946. The molecule has 0 saturated heterocycles. The van der Waals surface area contributed by atoms with Gasteiger partial charge in [-0.25, -0.2) is 0 Å². The van der Waals surface area contributed by atoms with Crippen molar-refractivity contribution in [1.29, 1.82) is 0 Å². The normalized spacial score (nSPS) is 11.9. The molecule has 0 fully saturated rings. The standard InChI is InChI=1S/2C25H21BrP.8BrH.2Mn/c2*26-22-18-16-21(17-19-22)20-27(23-10-4-1-5-11-23,24-12-6-2-7-13-24)25-14-8-3-9-15-25;;;;;;;;;;/h2*1-19H,20H2;8*1H;;/q2*+1;;;;;;;;;2*+3/p-8. The van der Waals surface area contributed by atoms with Crippen molar-refractivity contribution >= 4 is 191 Å². The Hall–Kier alpha value is 0.459. The van der Waals surface area contributed by atoms with Crippen LogP contribution in [0.1, 0.15) is 11.1 Å². The molecule has 0 heterocycles. The van der Waals surface area contributed by atoms with Gasteiger partial charge in [-0.05, 0) is 108 Å². The van der Waals surface area contributed by atoms with E-state index in [9.17, 15) is 0 Å². The number of halogens is 10. The van der Waals surface area contributed by atoms with Crippen molar-refractivity contribution in [1.82, 2.24) is 0 Å². The van der Waals surface area contributed by atoms with Gasteiger partial charge >= 0.3 is 124 Å². The van der Waals surface area contributed by atoms with Crippen LogP contribution in [0.25, 0.3) is 0 Å². The second-order valence-corrected chi connectivity index (χ2v) is 94.1. The van der Waals surface area contributed by atoms with E-state index in [-0.39, 0.29) is 0 Å². The van der Waals surface area contributed by atoms with Crippen molar-refractivity contribution in [3.8, 4) is 0 Å². The van der Waals surface area contributed by atoms with Crippen LogP contribution in [0.5, 0.6) is 0 Å². The summed E-state index contributed by atoms with van der Waals surface area (Å²) in [4.78, 5) is 0. The van der Waals surface area contributed by atoms with E-state index in [1.807, 2.05) is 0 Å². The number of benzene rings is 8. The minimum atomic E-state index is -1.81. The Morgan fingerprint density at radius 1 is 0.250 bits per heavy atom. The minimum absolute atomic E-state index is 1.01. The SMILES string of the molecule is Brc1ccc(C[P+](c2ccccc2)(c2ccccc2)c2ccccc2)cc1.Brc1ccc(C[P+](c2ccccc2)(c2ccccc2)c2ccccc2)cc1.[Br][Mn-]([Br])([Br])[Br].[Br][Mn-]([Br])([Br])[Br]. The summed E-state index contributed by atoms with van der Waals surface area (Å²) in [6.45, 7) is 0. The van der Waals surface area contributed by atoms with E-state index >= 15 is 0 Å². The third-order valence-electron chi connectivity index (χ3n) is 9.85. The second kappa shape index (κ2) is 27.7. The zero-order chi connectivity index (χ0) is 46.1. The molecule has 0 nitrogen and oxygen atoms in total. The van der Waals surface area contributed by atoms with Crippen LogP contribution >= 0.6 is 159 Å². The zero-order valence-electron chi connectivity index (χ0n) is 33.8. The molecule has 0 aliphatic heterocycles. The molecule has 0 atom stereocenters. The van der Waals surface area contributed by atoms with Crippen molar-refractivity contribution in [3.63, 3.8) is 0 Å². The number of hydrogen-bond donors (Lipinski definition) is 0. The zero-order valence-corrected chi connectivity index (χ0v) is 53.8. The van der Waals surface area contributed by atoms with E-state index in [0.29, 0.717) is 0 Å². The van der Waals surface area contributed by atoms with Crippen LogP contribution in [0.15, 0.2) is 239 Å². The summed E-state index contributed by atoms with van der Waals surface area (Å²) in [6.07, 6.45) is 2.02. The van der Waals surface area contributed by atoms with Crippen LogP contribution < -0.4 is 31.8 Å². The molecule has 0 spiro atoms. The van der Waals surface area contributed by atoms with E-state index in [2.05, 4.69) is 375 Å². The van der Waals surface area contributed by atoms with Gasteiger partial charge in [0.1, 0.15) is 46.4 Å². The Kier molecular flexibility index (Phi) is 24.0. The first-order chi connectivity index (χ1) is 30.6. The first-order valence-corrected chi connectivity index (χ1v) is 48.2. The van der Waals surface area contributed by atoms with E-state index < -0.39 is 25.8 Å². The molecule has 8 aromatic carbocycles. The second-order valence-electron chi connectivity index (χ2n) is 13.8. The molecule has 0 aliphatic carbocycles. The van der Waals surface area contributed by atoms with Crippen LogP contribution in [0, 0.1) is 0 Å². The monoisotopic (exact) mass is 1600 g/mol. The molecule has 8 rings (SSSR count). The summed E-state index contributed by atoms with van der Waals surface area (Å²) in [7, 11) is -3.61. The summed E-state index contributed by atoms with van der Waals surface area (Å²) in [6, 6.07) is 83.7. The third-order valence-corrected chi connectivity index (χ3v) is 19.7. The number of rotatable bonds is 10. The van der Waals surface area contributed by atoms with Gasteiger partial charge in [-0.15, -0.1) is 0 Å². The van der Waals surface area contributed by atoms with Crippen LogP contribution in [0.4, 0.5) is 0 Å². The Morgan fingerprint density at radius 2 is 0.406 bits per heavy atom. The van der Waals surface area contributed by atoms with Crippen LogP contribution in [0.2, 0.25) is 0 Å². The molecule has 0 N–H and O–H groups in total. The summed E-state index contributed by atoms with van der Waals surface area (Å²) in [5, 5.41) is 8.53. The molecule has 64 heavy (non-hydrogen) atoms. The van der Waals surface area contributed by atoms with Crippen molar-refractivity contribution < 1.29 is 11.2 Å². The van der Waals surface area contributed by atoms with Gasteiger partial charge in [0.25, 0.3) is 0 Å². The van der Waals surface area contributed by atoms with E-state index in [0.717, 1.165) is 21.3 Å². The summed E-state index contributed by atoms with van der Waals surface area (Å²) in [5.41, 5.74) is -0.0221. The first kappa shape index (κ1) is 55.4. The predicted octanol–water partition coefficient (Wildman–Crippen LogP) is 18.6. The molecule has 336 valence electrons. The molecule has 0 aromatic heterocycles. The first-order valence-electron chi connectivity index (χ1n) is 19.3. The maximum atomic E-state index is 3.57. The fraction of sp³-hybridized carbons (Fsp3) is 0.0400. The average molecular weight is 1610 g/mol. The van der Waals surface area contributed by atoms with Crippen LogP contribution in [-0.4, -0.2) is 0 Å². The molecule has 0 unspecified atom stereocenters. The molecule has 0 radical (unpaired) electrons. The molecule has 0 saturated carbocycles. The van der Waals surface area contributed by atoms with E-state index in [1.54, 1.807) is 0 Å². The Labute approximate surface area is 458 Å². The van der Waals surface area contributed by atoms with Crippen LogP contribution in [-0.2, 0) is 23.6 Å². The van der Waals surface area contributed by atoms with Gasteiger partial charge in [-0.3, -0.25) is 0 Å². The predicted molar refractivity (Wildman–Crippen MR) is 317 cm³/mol. The molecular weight excluding hydrogens is 1570 g/mol. The molecule has 8 aromatic rings. The summed E-state index contributed by atoms with van der Waals surface area (Å²) < 4.78 is 2.24. The average Bonchev–Trinajstić information content (AvgIpc) is 3.30. The van der Waals surface area contributed by atoms with Gasteiger partial charge < -0.3 is 0 Å². The van der Waals surface area contributed by atoms with E-state index in [4.69, 9.17) is 0 Å². The van der Waals surface area contributed by atoms with Crippen LogP contribution in [0.3, 0.4) is 0 Å². The molecule has 0 bridgehead atoms. The van der Waals surface area contributed by atoms with Gasteiger partial charge in [0.05, 0.1) is 12.3 Å². The Morgan fingerprint density at radius 3 is 0.562 bits per heavy atom. The maximum absolute atomic E-state index is 3.57. The topological polar surface area (TPSA) is 0 Å². The molecule has 0 amide bonds. The molecular formula is C50H42Br10Mn2P2. The van der Waals surface area contributed by atoms with E-state index in [1.165, 1.54) is 43.0 Å². The fourth-order valence-electron chi connectivity index (χ4n) is 7.26. The van der Waals surface area contributed by atoms with Gasteiger partial charge in [0, 0.05) is 8.95 Å². The Balaban J connectivity index is 0.000000199. The molecule has 0 aliphatic rings. The van der Waals surface area contributed by atoms with Gasteiger partial charge in [0.15, 0.2) is 0 Å². The van der Waals surface area contributed by atoms with Crippen molar-refractivity contribution in [2.24, 2.45) is 0 Å². The van der Waals surface area contributed by atoms with Crippen molar-refractivity contribution in [3.05, 3.63) is 251 Å². The van der Waals surface area contributed by atoms with Gasteiger partial charge in [0.2, 0.25) is 0 Å². The third kappa shape index (κ3) is 18.0. The van der Waals surface area contributed by atoms with Crippen molar-refractivity contribution in [2.45, 2.75) is 12.3 Å². The molecule has 14 heteroatoms. The van der Waals surface area contributed by atoms with Gasteiger partial charge in [-0.1, -0.05) is 165 Å². The number of hydrogen-bond acceptors (Lipinski definition) is 0. The summed E-state index contributed by atoms with van der Waals surface area (Å²) >= 11 is 33.3. The Bertz CT molecular complexity index is 2150. The van der Waals surface area contributed by atoms with Crippen molar-refractivity contribution in [2.75, 3.05) is 0 Å². The van der Waals surface area contributed by atoms with Gasteiger partial charge in [-0.2, -0.15) is 0 Å². The fourth-order valence-corrected chi connectivity index (χ4v) is 16.3.